The number of terminal acetylenes is 1. The van der Waals surface area contributed by atoms with Crippen LogP contribution >= 0.6 is 0 Å². The number of rotatable bonds is 2. The minimum absolute atomic E-state index is 0.0350. The summed E-state index contributed by atoms with van der Waals surface area (Å²) in [6, 6.07) is 0. The van der Waals surface area contributed by atoms with Crippen molar-refractivity contribution < 1.29 is 9.90 Å². The quantitative estimate of drug-likeness (QED) is 0.511. The second-order valence-corrected chi connectivity index (χ2v) is 3.76. The number of carbonyl (C=O) groups excluding carboxylic acids is 1. The maximum Gasteiger partial charge on any atom is 0.143 e. The van der Waals surface area contributed by atoms with Gasteiger partial charge in [0.15, 0.2) is 0 Å². The molecule has 0 spiro atoms. The van der Waals surface area contributed by atoms with Crippen LogP contribution in [0, 0.1) is 17.8 Å². The molecule has 0 radical (unpaired) electrons. The lowest BCUT2D eigenvalue weighted by molar-refractivity contribution is -0.130. The van der Waals surface area contributed by atoms with Crippen LogP contribution in [0.15, 0.2) is 12.7 Å². The molecule has 0 aliphatic heterocycles. The first kappa shape index (κ1) is 10.0. The van der Waals surface area contributed by atoms with Crippen LogP contribution in [0.4, 0.5) is 0 Å². The Morgan fingerprint density at radius 2 is 2.46 bits per heavy atom. The van der Waals surface area contributed by atoms with E-state index in [9.17, 15) is 9.90 Å². The summed E-state index contributed by atoms with van der Waals surface area (Å²) in [5.41, 5.74) is -1.94. The van der Waals surface area contributed by atoms with E-state index < -0.39 is 11.0 Å². The minimum Gasteiger partial charge on any atom is -0.385 e. The van der Waals surface area contributed by atoms with Gasteiger partial charge in [0, 0.05) is 12.8 Å². The van der Waals surface area contributed by atoms with E-state index in [1.807, 2.05) is 0 Å². The molecular weight excluding hydrogens is 164 g/mol. The van der Waals surface area contributed by atoms with Crippen LogP contribution < -0.4 is 0 Å². The zero-order valence-electron chi connectivity index (χ0n) is 7.84. The molecule has 0 aromatic heterocycles. The van der Waals surface area contributed by atoms with E-state index in [1.165, 1.54) is 6.08 Å². The molecule has 0 aromatic carbocycles. The lowest BCUT2D eigenvalue weighted by atomic mass is 9.73. The zero-order chi connectivity index (χ0) is 10.1. The maximum absolute atomic E-state index is 11.6. The first-order valence-electron chi connectivity index (χ1n) is 4.33. The summed E-state index contributed by atoms with van der Waals surface area (Å²) in [6.45, 7) is 5.27. The fraction of sp³-hybridized carbons (Fsp3) is 0.545. The second-order valence-electron chi connectivity index (χ2n) is 3.76. The molecule has 1 aliphatic rings. The maximum atomic E-state index is 11.6. The van der Waals surface area contributed by atoms with Gasteiger partial charge in [-0.3, -0.25) is 4.79 Å². The van der Waals surface area contributed by atoms with Crippen molar-refractivity contribution in [1.82, 2.24) is 0 Å². The molecule has 0 aromatic rings. The number of carbonyl (C=O) groups is 1. The Morgan fingerprint density at radius 1 is 1.85 bits per heavy atom. The van der Waals surface area contributed by atoms with Gasteiger partial charge in [0.1, 0.15) is 5.78 Å². The summed E-state index contributed by atoms with van der Waals surface area (Å²) in [7, 11) is 0. The number of Topliss-reactive ketones (excluding diaryl/α,β-unsaturated/α-hetero) is 1. The van der Waals surface area contributed by atoms with Gasteiger partial charge in [-0.1, -0.05) is 6.08 Å². The fourth-order valence-corrected chi connectivity index (χ4v) is 1.88. The topological polar surface area (TPSA) is 37.3 Å². The summed E-state index contributed by atoms with van der Waals surface area (Å²) in [6.07, 6.45) is 7.72. The predicted octanol–water partition coefficient (Wildman–Crippen LogP) is 1.30. The molecule has 2 unspecified atom stereocenters. The summed E-state index contributed by atoms with van der Waals surface area (Å²) in [5, 5.41) is 10.1. The van der Waals surface area contributed by atoms with Crippen LogP contribution in [0.2, 0.25) is 0 Å². The molecule has 0 bridgehead atoms. The third kappa shape index (κ3) is 1.20. The van der Waals surface area contributed by atoms with Gasteiger partial charge in [-0.25, -0.2) is 0 Å². The van der Waals surface area contributed by atoms with Gasteiger partial charge in [-0.15, -0.1) is 18.9 Å². The fourth-order valence-electron chi connectivity index (χ4n) is 1.88. The summed E-state index contributed by atoms with van der Waals surface area (Å²) in [4.78, 5) is 11.6. The van der Waals surface area contributed by atoms with Crippen LogP contribution in [-0.4, -0.2) is 16.5 Å². The van der Waals surface area contributed by atoms with Crippen molar-refractivity contribution in [2.75, 3.05) is 0 Å². The Hall–Kier alpha value is -1.07. The number of hydrogen-bond acceptors (Lipinski definition) is 2. The largest absolute Gasteiger partial charge is 0.385 e. The van der Waals surface area contributed by atoms with Crippen molar-refractivity contribution in [2.45, 2.75) is 31.8 Å². The van der Waals surface area contributed by atoms with E-state index in [4.69, 9.17) is 6.42 Å². The van der Waals surface area contributed by atoms with Gasteiger partial charge in [-0.05, 0) is 13.3 Å². The number of ketones is 1. The molecule has 0 saturated heterocycles. The van der Waals surface area contributed by atoms with Gasteiger partial charge in [0.25, 0.3) is 0 Å². The normalized spacial score (nSPS) is 38.7. The molecule has 1 aliphatic carbocycles. The Labute approximate surface area is 78.6 Å². The Kier molecular flexibility index (Phi) is 2.32. The highest BCUT2D eigenvalue weighted by Crippen LogP contribution is 2.46. The molecule has 70 valence electrons. The van der Waals surface area contributed by atoms with E-state index >= 15 is 0 Å². The predicted molar refractivity (Wildman–Crippen MR) is 50.9 cm³/mol. The monoisotopic (exact) mass is 178 g/mol. The van der Waals surface area contributed by atoms with Crippen LogP contribution in [0.1, 0.15) is 26.2 Å². The van der Waals surface area contributed by atoms with Crippen molar-refractivity contribution in [2.24, 2.45) is 5.41 Å². The Bertz CT molecular complexity index is 287. The minimum atomic E-state index is -1.11. The Morgan fingerprint density at radius 3 is 2.92 bits per heavy atom. The van der Waals surface area contributed by atoms with E-state index in [0.717, 1.165) is 0 Å². The van der Waals surface area contributed by atoms with Crippen molar-refractivity contribution in [3.8, 4) is 12.3 Å². The lowest BCUT2D eigenvalue weighted by Gasteiger charge is -2.34. The van der Waals surface area contributed by atoms with Gasteiger partial charge in [0.2, 0.25) is 0 Å². The molecule has 13 heavy (non-hydrogen) atoms. The van der Waals surface area contributed by atoms with Crippen LogP contribution in [0.25, 0.3) is 0 Å². The Balaban J connectivity index is 3.09. The third-order valence-corrected chi connectivity index (χ3v) is 3.10. The molecule has 2 nitrogen and oxygen atoms in total. The van der Waals surface area contributed by atoms with Crippen molar-refractivity contribution >= 4 is 5.78 Å². The molecular formula is C11H14O2. The molecule has 0 amide bonds. The average Bonchev–Trinajstić information content (AvgIpc) is 2.32. The van der Waals surface area contributed by atoms with Crippen molar-refractivity contribution in [1.29, 1.82) is 0 Å². The number of aliphatic hydroxyl groups is 1. The van der Waals surface area contributed by atoms with Gasteiger partial charge < -0.3 is 5.11 Å². The highest BCUT2D eigenvalue weighted by Gasteiger charge is 2.54. The van der Waals surface area contributed by atoms with Crippen molar-refractivity contribution in [3.05, 3.63) is 12.7 Å². The molecule has 1 N–H and O–H groups in total. The van der Waals surface area contributed by atoms with E-state index in [2.05, 4.69) is 12.5 Å². The summed E-state index contributed by atoms with van der Waals surface area (Å²) < 4.78 is 0. The molecule has 1 saturated carbocycles. The first-order chi connectivity index (χ1) is 6.00. The highest BCUT2D eigenvalue weighted by atomic mass is 16.3. The zero-order valence-corrected chi connectivity index (χ0v) is 7.84. The second kappa shape index (κ2) is 3.01. The standard InChI is InChI=1S/C11H14O2/c1-4-7-10(3)9(12)6-8-11(10,13)5-2/h1,5,13H,2,6-8H2,3H3. The van der Waals surface area contributed by atoms with Crippen LogP contribution in [-0.2, 0) is 4.79 Å². The van der Waals surface area contributed by atoms with Gasteiger partial charge >= 0.3 is 0 Å². The van der Waals surface area contributed by atoms with Crippen LogP contribution in [0.3, 0.4) is 0 Å². The lowest BCUT2D eigenvalue weighted by Crippen LogP contribution is -2.43. The van der Waals surface area contributed by atoms with E-state index in [0.29, 0.717) is 12.8 Å². The summed E-state index contributed by atoms with van der Waals surface area (Å²) in [5.74, 6) is 2.48. The molecule has 0 heterocycles. The summed E-state index contributed by atoms with van der Waals surface area (Å²) >= 11 is 0. The first-order valence-corrected chi connectivity index (χ1v) is 4.33. The molecule has 2 heteroatoms. The average molecular weight is 178 g/mol. The van der Waals surface area contributed by atoms with E-state index in [1.54, 1.807) is 6.92 Å². The SMILES string of the molecule is C#CCC1(C)C(=O)CCC1(O)C=C. The molecule has 1 fully saturated rings. The number of hydrogen-bond donors (Lipinski definition) is 1. The third-order valence-electron chi connectivity index (χ3n) is 3.10. The van der Waals surface area contributed by atoms with E-state index in [-0.39, 0.29) is 12.2 Å². The van der Waals surface area contributed by atoms with Gasteiger partial charge in [-0.2, -0.15) is 0 Å². The molecule has 1 rings (SSSR count). The van der Waals surface area contributed by atoms with Crippen molar-refractivity contribution in [3.63, 3.8) is 0 Å². The molecule has 2 atom stereocenters. The van der Waals surface area contributed by atoms with Gasteiger partial charge in [0.05, 0.1) is 11.0 Å². The van der Waals surface area contributed by atoms with Crippen LogP contribution in [0.5, 0.6) is 0 Å². The smallest absolute Gasteiger partial charge is 0.143 e. The highest BCUT2D eigenvalue weighted by molar-refractivity contribution is 5.89.